The van der Waals surface area contributed by atoms with Crippen LogP contribution in [-0.2, 0) is 0 Å². The van der Waals surface area contributed by atoms with Crippen LogP contribution in [0.15, 0.2) is 30.6 Å². The standard InChI is InChI=1S/C12H10F3N3/c1-16-8-4-9(6-17-5-8)18-12-10(14)2-7(13)3-11(12)15/h2-6,16,18H,1H3. The normalized spacial score (nSPS) is 10.2. The molecule has 0 spiro atoms. The van der Waals surface area contributed by atoms with Crippen LogP contribution in [0.3, 0.4) is 0 Å². The molecule has 94 valence electrons. The van der Waals surface area contributed by atoms with E-state index in [0.29, 0.717) is 23.5 Å². The zero-order chi connectivity index (χ0) is 13.1. The molecule has 0 amide bonds. The summed E-state index contributed by atoms with van der Waals surface area (Å²) in [5.74, 6) is -2.96. The van der Waals surface area contributed by atoms with Gasteiger partial charge < -0.3 is 10.6 Å². The molecule has 1 heterocycles. The highest BCUT2D eigenvalue weighted by Crippen LogP contribution is 2.25. The van der Waals surface area contributed by atoms with Gasteiger partial charge in [-0.3, -0.25) is 4.98 Å². The SMILES string of the molecule is CNc1cncc(Nc2c(F)cc(F)cc2F)c1. The maximum atomic E-state index is 13.4. The van der Waals surface area contributed by atoms with Crippen LogP contribution in [0.2, 0.25) is 0 Å². The molecule has 0 bridgehead atoms. The molecule has 0 aliphatic heterocycles. The predicted octanol–water partition coefficient (Wildman–Crippen LogP) is 3.28. The molecule has 0 fully saturated rings. The second kappa shape index (κ2) is 4.95. The first-order valence-electron chi connectivity index (χ1n) is 5.14. The Bertz CT molecular complexity index is 549. The van der Waals surface area contributed by atoms with E-state index in [-0.39, 0.29) is 0 Å². The molecule has 2 aromatic rings. The van der Waals surface area contributed by atoms with E-state index in [4.69, 9.17) is 0 Å². The van der Waals surface area contributed by atoms with Gasteiger partial charge in [-0.25, -0.2) is 13.2 Å². The van der Waals surface area contributed by atoms with Gasteiger partial charge in [0.15, 0.2) is 11.6 Å². The Hall–Kier alpha value is -2.24. The van der Waals surface area contributed by atoms with Crippen molar-refractivity contribution >= 4 is 17.1 Å². The van der Waals surface area contributed by atoms with Crippen LogP contribution in [0, 0.1) is 17.5 Å². The fraction of sp³-hybridized carbons (Fsp3) is 0.0833. The van der Waals surface area contributed by atoms with Gasteiger partial charge in [0.2, 0.25) is 0 Å². The quantitative estimate of drug-likeness (QED) is 0.881. The first-order valence-corrected chi connectivity index (χ1v) is 5.14. The van der Waals surface area contributed by atoms with Crippen LogP contribution in [0.1, 0.15) is 0 Å². The number of hydrogen-bond acceptors (Lipinski definition) is 3. The van der Waals surface area contributed by atoms with Gasteiger partial charge in [-0.2, -0.15) is 0 Å². The summed E-state index contributed by atoms with van der Waals surface area (Å²) in [6.07, 6.45) is 2.96. The van der Waals surface area contributed by atoms with E-state index >= 15 is 0 Å². The van der Waals surface area contributed by atoms with E-state index in [1.807, 2.05) is 0 Å². The Morgan fingerprint density at radius 3 is 2.17 bits per heavy atom. The largest absolute Gasteiger partial charge is 0.387 e. The monoisotopic (exact) mass is 253 g/mol. The number of nitrogens with one attached hydrogen (secondary N) is 2. The number of hydrogen-bond donors (Lipinski definition) is 2. The topological polar surface area (TPSA) is 37.0 Å². The molecule has 18 heavy (non-hydrogen) atoms. The first kappa shape index (κ1) is 12.2. The molecule has 0 saturated carbocycles. The van der Waals surface area contributed by atoms with E-state index in [2.05, 4.69) is 15.6 Å². The molecule has 2 N–H and O–H groups in total. The summed E-state index contributed by atoms with van der Waals surface area (Å²) >= 11 is 0. The van der Waals surface area contributed by atoms with Crippen molar-refractivity contribution in [3.8, 4) is 0 Å². The van der Waals surface area contributed by atoms with Crippen LogP contribution in [0.5, 0.6) is 0 Å². The average Bonchev–Trinajstić information content (AvgIpc) is 2.34. The first-order chi connectivity index (χ1) is 8.60. The number of halogens is 3. The lowest BCUT2D eigenvalue weighted by Crippen LogP contribution is -2.00. The van der Waals surface area contributed by atoms with Gasteiger partial charge in [-0.05, 0) is 6.07 Å². The van der Waals surface area contributed by atoms with Gasteiger partial charge in [0.25, 0.3) is 0 Å². The van der Waals surface area contributed by atoms with Crippen molar-refractivity contribution in [2.24, 2.45) is 0 Å². The van der Waals surface area contributed by atoms with Crippen LogP contribution in [0.25, 0.3) is 0 Å². The molecule has 1 aromatic heterocycles. The smallest absolute Gasteiger partial charge is 0.152 e. The fourth-order valence-corrected chi connectivity index (χ4v) is 1.45. The zero-order valence-electron chi connectivity index (χ0n) is 9.47. The van der Waals surface area contributed by atoms with Crippen LogP contribution in [0.4, 0.5) is 30.2 Å². The fourth-order valence-electron chi connectivity index (χ4n) is 1.45. The van der Waals surface area contributed by atoms with Gasteiger partial charge in [-0.1, -0.05) is 0 Å². The Morgan fingerprint density at radius 1 is 0.944 bits per heavy atom. The van der Waals surface area contributed by atoms with Gasteiger partial charge in [-0.15, -0.1) is 0 Å². The van der Waals surface area contributed by atoms with E-state index < -0.39 is 23.1 Å². The molecule has 0 aliphatic rings. The van der Waals surface area contributed by atoms with Crippen molar-refractivity contribution < 1.29 is 13.2 Å². The Kier molecular flexibility index (Phi) is 3.36. The number of anilines is 3. The van der Waals surface area contributed by atoms with Crippen molar-refractivity contribution in [2.75, 3.05) is 17.7 Å². The van der Waals surface area contributed by atoms with Gasteiger partial charge in [0, 0.05) is 19.2 Å². The Balaban J connectivity index is 2.33. The summed E-state index contributed by atoms with van der Waals surface area (Å²) in [6.45, 7) is 0. The highest BCUT2D eigenvalue weighted by atomic mass is 19.1. The van der Waals surface area contributed by atoms with Crippen molar-refractivity contribution in [3.05, 3.63) is 48.0 Å². The summed E-state index contributed by atoms with van der Waals surface area (Å²) in [7, 11) is 1.69. The number of benzene rings is 1. The Morgan fingerprint density at radius 2 is 1.56 bits per heavy atom. The molecule has 0 radical (unpaired) electrons. The number of aromatic nitrogens is 1. The molecule has 2 rings (SSSR count). The molecule has 6 heteroatoms. The third-order valence-corrected chi connectivity index (χ3v) is 2.30. The maximum Gasteiger partial charge on any atom is 0.152 e. The lowest BCUT2D eigenvalue weighted by Gasteiger charge is -2.09. The zero-order valence-corrected chi connectivity index (χ0v) is 9.47. The summed E-state index contributed by atoms with van der Waals surface area (Å²) < 4.78 is 39.5. The lowest BCUT2D eigenvalue weighted by atomic mass is 10.2. The summed E-state index contributed by atoms with van der Waals surface area (Å²) in [4.78, 5) is 3.88. The number of pyridine rings is 1. The number of rotatable bonds is 3. The maximum absolute atomic E-state index is 13.4. The van der Waals surface area contributed by atoms with Crippen molar-refractivity contribution in [1.82, 2.24) is 4.98 Å². The van der Waals surface area contributed by atoms with Gasteiger partial charge in [0.05, 0.1) is 23.8 Å². The van der Waals surface area contributed by atoms with Crippen molar-refractivity contribution in [3.63, 3.8) is 0 Å². The van der Waals surface area contributed by atoms with E-state index in [1.54, 1.807) is 19.3 Å². The molecule has 3 nitrogen and oxygen atoms in total. The van der Waals surface area contributed by atoms with E-state index in [0.717, 1.165) is 0 Å². The predicted molar refractivity (Wildman–Crippen MR) is 63.4 cm³/mol. The molecule has 0 unspecified atom stereocenters. The number of nitrogens with zero attached hydrogens (tertiary/aromatic N) is 1. The Labute approximate surface area is 102 Å². The average molecular weight is 253 g/mol. The molecule has 0 saturated heterocycles. The van der Waals surface area contributed by atoms with E-state index in [9.17, 15) is 13.2 Å². The van der Waals surface area contributed by atoms with Gasteiger partial charge in [0.1, 0.15) is 11.5 Å². The van der Waals surface area contributed by atoms with E-state index in [1.165, 1.54) is 6.20 Å². The second-order valence-electron chi connectivity index (χ2n) is 3.58. The summed E-state index contributed by atoms with van der Waals surface area (Å²) in [5.41, 5.74) is 0.667. The highest BCUT2D eigenvalue weighted by Gasteiger charge is 2.11. The second-order valence-corrected chi connectivity index (χ2v) is 3.58. The summed E-state index contributed by atoms with van der Waals surface area (Å²) in [6, 6.07) is 2.84. The highest BCUT2D eigenvalue weighted by molar-refractivity contribution is 5.63. The minimum atomic E-state index is -0.998. The van der Waals surface area contributed by atoms with Crippen molar-refractivity contribution in [2.45, 2.75) is 0 Å². The van der Waals surface area contributed by atoms with Crippen LogP contribution >= 0.6 is 0 Å². The molecular formula is C12H10F3N3. The summed E-state index contributed by atoms with van der Waals surface area (Å²) in [5, 5.41) is 5.36. The van der Waals surface area contributed by atoms with Gasteiger partial charge >= 0.3 is 0 Å². The van der Waals surface area contributed by atoms with Crippen LogP contribution in [-0.4, -0.2) is 12.0 Å². The third kappa shape index (κ3) is 2.53. The molecule has 0 atom stereocenters. The molecular weight excluding hydrogens is 243 g/mol. The minimum Gasteiger partial charge on any atom is -0.387 e. The van der Waals surface area contributed by atoms with Crippen molar-refractivity contribution in [1.29, 1.82) is 0 Å². The van der Waals surface area contributed by atoms with Crippen LogP contribution < -0.4 is 10.6 Å². The molecule has 0 aliphatic carbocycles. The lowest BCUT2D eigenvalue weighted by molar-refractivity contribution is 0.549. The third-order valence-electron chi connectivity index (χ3n) is 2.30. The minimum absolute atomic E-state index is 0.395. The molecule has 1 aromatic carbocycles.